The van der Waals surface area contributed by atoms with Crippen LogP contribution in [0.4, 0.5) is 0 Å². The summed E-state index contributed by atoms with van der Waals surface area (Å²) in [7, 11) is -3.63. The first kappa shape index (κ1) is 22.6. The van der Waals surface area contributed by atoms with Crippen LogP contribution in [0, 0.1) is 18.8 Å². The van der Waals surface area contributed by atoms with Gasteiger partial charge in [0.05, 0.1) is 10.9 Å². The van der Waals surface area contributed by atoms with Gasteiger partial charge in [-0.3, -0.25) is 0 Å². The van der Waals surface area contributed by atoms with Crippen LogP contribution in [0.25, 0.3) is 0 Å². The number of hydrogen-bond donors (Lipinski definition) is 2. The summed E-state index contributed by atoms with van der Waals surface area (Å²) >= 11 is 0. The second-order valence-corrected chi connectivity index (χ2v) is 10.6. The second-order valence-electron chi connectivity index (χ2n) is 8.86. The summed E-state index contributed by atoms with van der Waals surface area (Å²) in [6.45, 7) is 13.3. The summed E-state index contributed by atoms with van der Waals surface area (Å²) in [4.78, 5) is 0.297. The minimum atomic E-state index is -3.63. The standard InChI is InChI=1S/C23H34N2O2S/c1-17(2)21(16-24-23(4,5)6)22(19-10-8-7-9-11-19)25-28(26,27)20-14-12-18(3)13-15-20/h7-15,17,21-22,24-25H,16H2,1-6H3. The molecule has 0 saturated heterocycles. The maximum absolute atomic E-state index is 13.1. The predicted octanol–water partition coefficient (Wildman–Crippen LogP) is 4.67. The summed E-state index contributed by atoms with van der Waals surface area (Å²) in [6, 6.07) is 16.5. The zero-order valence-electron chi connectivity index (χ0n) is 17.9. The van der Waals surface area contributed by atoms with Crippen molar-refractivity contribution < 1.29 is 8.42 Å². The Hall–Kier alpha value is -1.69. The zero-order chi connectivity index (χ0) is 20.9. The number of nitrogens with one attached hydrogen (secondary N) is 2. The van der Waals surface area contributed by atoms with E-state index in [9.17, 15) is 8.42 Å². The maximum Gasteiger partial charge on any atom is 0.241 e. The van der Waals surface area contributed by atoms with E-state index in [1.807, 2.05) is 49.4 Å². The normalized spacial score (nSPS) is 14.8. The van der Waals surface area contributed by atoms with Crippen LogP contribution < -0.4 is 10.0 Å². The lowest BCUT2D eigenvalue weighted by atomic mass is 9.84. The Morgan fingerprint density at radius 1 is 0.929 bits per heavy atom. The van der Waals surface area contributed by atoms with E-state index in [0.29, 0.717) is 10.8 Å². The highest BCUT2D eigenvalue weighted by Gasteiger charge is 2.31. The molecule has 0 radical (unpaired) electrons. The van der Waals surface area contributed by atoms with Crippen molar-refractivity contribution in [1.82, 2.24) is 10.0 Å². The van der Waals surface area contributed by atoms with Crippen molar-refractivity contribution in [3.8, 4) is 0 Å². The lowest BCUT2D eigenvalue weighted by Crippen LogP contribution is -2.45. The van der Waals surface area contributed by atoms with E-state index in [0.717, 1.165) is 17.7 Å². The molecule has 0 saturated carbocycles. The molecule has 0 amide bonds. The van der Waals surface area contributed by atoms with Gasteiger partial charge in [0, 0.05) is 12.1 Å². The van der Waals surface area contributed by atoms with E-state index in [2.05, 4.69) is 44.7 Å². The summed E-state index contributed by atoms with van der Waals surface area (Å²) in [5.41, 5.74) is 1.98. The van der Waals surface area contributed by atoms with E-state index in [1.54, 1.807) is 12.1 Å². The molecule has 28 heavy (non-hydrogen) atoms. The fourth-order valence-corrected chi connectivity index (χ4v) is 4.45. The van der Waals surface area contributed by atoms with Crippen LogP contribution in [-0.2, 0) is 10.0 Å². The van der Waals surface area contributed by atoms with Crippen molar-refractivity contribution in [1.29, 1.82) is 0 Å². The minimum absolute atomic E-state index is 0.0375. The lowest BCUT2D eigenvalue weighted by Gasteiger charge is -2.34. The zero-order valence-corrected chi connectivity index (χ0v) is 18.7. The van der Waals surface area contributed by atoms with Gasteiger partial charge < -0.3 is 5.32 Å². The highest BCUT2D eigenvalue weighted by molar-refractivity contribution is 7.89. The van der Waals surface area contributed by atoms with Crippen LogP contribution >= 0.6 is 0 Å². The van der Waals surface area contributed by atoms with Gasteiger partial charge in [-0.25, -0.2) is 13.1 Å². The van der Waals surface area contributed by atoms with E-state index < -0.39 is 10.0 Å². The highest BCUT2D eigenvalue weighted by Crippen LogP contribution is 2.30. The van der Waals surface area contributed by atoms with Crippen molar-refractivity contribution in [2.45, 2.75) is 58.0 Å². The highest BCUT2D eigenvalue weighted by atomic mass is 32.2. The van der Waals surface area contributed by atoms with Gasteiger partial charge in [0.25, 0.3) is 0 Å². The van der Waals surface area contributed by atoms with Crippen LogP contribution in [0.15, 0.2) is 59.5 Å². The minimum Gasteiger partial charge on any atom is -0.312 e. The first-order valence-corrected chi connectivity index (χ1v) is 11.4. The van der Waals surface area contributed by atoms with Crippen LogP contribution in [0.5, 0.6) is 0 Å². The molecule has 0 heterocycles. The first-order valence-electron chi connectivity index (χ1n) is 9.88. The molecule has 2 N–H and O–H groups in total. The largest absolute Gasteiger partial charge is 0.312 e. The molecule has 0 fully saturated rings. The number of aryl methyl sites for hydroxylation is 1. The number of benzene rings is 2. The second kappa shape index (κ2) is 9.21. The summed E-state index contributed by atoms with van der Waals surface area (Å²) < 4.78 is 29.2. The van der Waals surface area contributed by atoms with Crippen LogP contribution in [0.1, 0.15) is 51.8 Å². The van der Waals surface area contributed by atoms with Crippen LogP contribution in [-0.4, -0.2) is 20.5 Å². The fraction of sp³-hybridized carbons (Fsp3) is 0.478. The van der Waals surface area contributed by atoms with Gasteiger partial charge in [-0.15, -0.1) is 0 Å². The third-order valence-electron chi connectivity index (χ3n) is 4.92. The van der Waals surface area contributed by atoms with E-state index in [4.69, 9.17) is 0 Å². The molecule has 154 valence electrons. The Morgan fingerprint density at radius 2 is 1.50 bits per heavy atom. The maximum atomic E-state index is 13.1. The molecule has 0 aromatic heterocycles. The molecule has 2 atom stereocenters. The third-order valence-corrected chi connectivity index (χ3v) is 6.38. The smallest absolute Gasteiger partial charge is 0.241 e. The van der Waals surface area contributed by atoms with Gasteiger partial charge in [0.1, 0.15) is 0 Å². The topological polar surface area (TPSA) is 58.2 Å². The number of sulfonamides is 1. The monoisotopic (exact) mass is 402 g/mol. The average molecular weight is 403 g/mol. The molecular formula is C23H34N2O2S. The fourth-order valence-electron chi connectivity index (χ4n) is 3.18. The molecule has 0 aliphatic rings. The predicted molar refractivity (Wildman–Crippen MR) is 117 cm³/mol. The Morgan fingerprint density at radius 3 is 2.00 bits per heavy atom. The molecule has 0 aliphatic heterocycles. The summed E-state index contributed by atoms with van der Waals surface area (Å²) in [6.07, 6.45) is 0. The molecular weight excluding hydrogens is 368 g/mol. The molecule has 2 rings (SSSR count). The van der Waals surface area contributed by atoms with Crippen LogP contribution in [0.3, 0.4) is 0 Å². The molecule has 2 aromatic rings. The Labute approximate surface area is 170 Å². The molecule has 4 nitrogen and oxygen atoms in total. The van der Waals surface area contributed by atoms with Crippen molar-refractivity contribution in [2.24, 2.45) is 11.8 Å². The van der Waals surface area contributed by atoms with Gasteiger partial charge in [-0.2, -0.15) is 0 Å². The molecule has 2 aromatic carbocycles. The van der Waals surface area contributed by atoms with Crippen molar-refractivity contribution in [2.75, 3.05) is 6.54 Å². The quantitative estimate of drug-likeness (QED) is 0.674. The molecule has 0 aliphatic carbocycles. The molecule has 5 heteroatoms. The third kappa shape index (κ3) is 6.43. The van der Waals surface area contributed by atoms with Crippen LogP contribution in [0.2, 0.25) is 0 Å². The van der Waals surface area contributed by atoms with Crippen molar-refractivity contribution >= 4 is 10.0 Å². The summed E-state index contributed by atoms with van der Waals surface area (Å²) in [5, 5.41) is 3.55. The lowest BCUT2D eigenvalue weighted by molar-refractivity contribution is 0.263. The van der Waals surface area contributed by atoms with Gasteiger partial charge in [0.2, 0.25) is 10.0 Å². The van der Waals surface area contributed by atoms with Crippen molar-refractivity contribution in [3.63, 3.8) is 0 Å². The van der Waals surface area contributed by atoms with E-state index in [-0.39, 0.29) is 17.5 Å². The Bertz CT molecular complexity index is 838. The number of rotatable bonds is 8. The Balaban J connectivity index is 2.39. The van der Waals surface area contributed by atoms with Gasteiger partial charge in [-0.1, -0.05) is 61.9 Å². The molecule has 0 spiro atoms. The molecule has 0 bridgehead atoms. The van der Waals surface area contributed by atoms with E-state index in [1.165, 1.54) is 0 Å². The van der Waals surface area contributed by atoms with Gasteiger partial charge >= 0.3 is 0 Å². The summed E-state index contributed by atoms with van der Waals surface area (Å²) in [5.74, 6) is 0.391. The first-order chi connectivity index (χ1) is 13.0. The number of hydrogen-bond acceptors (Lipinski definition) is 3. The van der Waals surface area contributed by atoms with Crippen molar-refractivity contribution in [3.05, 3.63) is 65.7 Å². The molecule has 2 unspecified atom stereocenters. The average Bonchev–Trinajstić information content (AvgIpc) is 2.60. The Kier molecular flexibility index (Phi) is 7.43. The van der Waals surface area contributed by atoms with Gasteiger partial charge in [-0.05, 0) is 57.2 Å². The van der Waals surface area contributed by atoms with Gasteiger partial charge in [0.15, 0.2) is 0 Å². The SMILES string of the molecule is Cc1ccc(S(=O)(=O)NC(c2ccccc2)C(CNC(C)(C)C)C(C)C)cc1. The van der Waals surface area contributed by atoms with E-state index >= 15 is 0 Å².